The Labute approximate surface area is 90.6 Å². The number of diazo groups is 1. The van der Waals surface area contributed by atoms with Crippen molar-refractivity contribution in [3.63, 3.8) is 0 Å². The average Bonchev–Trinajstić information content (AvgIpc) is 1.90. The predicted octanol–water partition coefficient (Wildman–Crippen LogP) is -3.82. The number of nitrogens with zero attached hydrogens (tertiary/aromatic N) is 2. The van der Waals surface area contributed by atoms with E-state index in [1.165, 1.54) is 0 Å². The molecule has 0 N–H and O–H groups in total. The van der Waals surface area contributed by atoms with Gasteiger partial charge in [-0.3, -0.25) is 0 Å². The third-order valence-corrected chi connectivity index (χ3v) is 0.872. The van der Waals surface area contributed by atoms with Crippen molar-refractivity contribution in [3.8, 4) is 0 Å². The number of benzene rings is 1. The molecule has 11 heavy (non-hydrogen) atoms. The Morgan fingerprint density at radius 2 is 1.45 bits per heavy atom. The number of halogens is 2. The summed E-state index contributed by atoms with van der Waals surface area (Å²) in [6, 6.07) is 8.94. The summed E-state index contributed by atoms with van der Waals surface area (Å²) in [6.45, 7) is 0. The first kappa shape index (κ1) is 17.1. The SMILES string of the molecule is N#[N+]c1ccccc1.[Cl-].[Cl-].[Zn]. The van der Waals surface area contributed by atoms with Crippen molar-refractivity contribution in [2.75, 3.05) is 0 Å². The van der Waals surface area contributed by atoms with Crippen LogP contribution in [0.4, 0.5) is 5.69 Å². The summed E-state index contributed by atoms with van der Waals surface area (Å²) >= 11 is 0. The Bertz CT molecular complexity index is 210. The van der Waals surface area contributed by atoms with E-state index in [2.05, 4.69) is 4.98 Å². The first-order valence-corrected chi connectivity index (χ1v) is 2.33. The van der Waals surface area contributed by atoms with Crippen LogP contribution >= 0.6 is 0 Å². The average molecular weight is 241 g/mol. The first-order valence-electron chi connectivity index (χ1n) is 2.33. The minimum Gasteiger partial charge on any atom is -1.00 e. The van der Waals surface area contributed by atoms with Gasteiger partial charge >= 0.3 is 5.69 Å². The van der Waals surface area contributed by atoms with Crippen LogP contribution in [0.5, 0.6) is 0 Å². The fraction of sp³-hybridized carbons (Fsp3) is 0. The van der Waals surface area contributed by atoms with Gasteiger partial charge in [0, 0.05) is 31.6 Å². The summed E-state index contributed by atoms with van der Waals surface area (Å²) < 4.78 is 0. The van der Waals surface area contributed by atoms with Gasteiger partial charge in [-0.2, -0.15) is 0 Å². The largest absolute Gasteiger partial charge is 1.00 e. The van der Waals surface area contributed by atoms with Crippen molar-refractivity contribution in [1.82, 2.24) is 0 Å². The van der Waals surface area contributed by atoms with Crippen LogP contribution in [0.1, 0.15) is 0 Å². The van der Waals surface area contributed by atoms with Crippen LogP contribution in [-0.4, -0.2) is 0 Å². The molecule has 1 rings (SSSR count). The summed E-state index contributed by atoms with van der Waals surface area (Å²) in [6.07, 6.45) is 0. The molecule has 2 nitrogen and oxygen atoms in total. The van der Waals surface area contributed by atoms with E-state index in [4.69, 9.17) is 5.39 Å². The van der Waals surface area contributed by atoms with Gasteiger partial charge in [0.15, 0.2) is 4.98 Å². The normalized spacial score (nSPS) is 5.73. The number of hydrogen-bond donors (Lipinski definition) is 0. The van der Waals surface area contributed by atoms with E-state index < -0.39 is 0 Å². The second-order valence-corrected chi connectivity index (χ2v) is 1.44. The molecule has 0 fully saturated rings. The molecule has 56 valence electrons. The smallest absolute Gasteiger partial charge is 0.385 e. The standard InChI is InChI=1S/C6H5N2.2ClH.Zn/c7-8-6-4-2-1-3-5-6;;;/h1-5H;2*1H;/q+1;;;/p-2. The zero-order valence-electron chi connectivity index (χ0n) is 5.74. The second-order valence-electron chi connectivity index (χ2n) is 1.44. The molecule has 0 saturated carbocycles. The molecule has 0 aliphatic carbocycles. The molecule has 0 radical (unpaired) electrons. The van der Waals surface area contributed by atoms with Crippen molar-refractivity contribution in [1.29, 1.82) is 5.39 Å². The van der Waals surface area contributed by atoms with Crippen molar-refractivity contribution in [3.05, 3.63) is 35.3 Å². The maximum atomic E-state index is 8.16. The summed E-state index contributed by atoms with van der Waals surface area (Å²) in [5.41, 5.74) is 0.590. The van der Waals surface area contributed by atoms with E-state index in [9.17, 15) is 0 Å². The summed E-state index contributed by atoms with van der Waals surface area (Å²) in [7, 11) is 0. The second kappa shape index (κ2) is 9.84. The minimum atomic E-state index is 0. The van der Waals surface area contributed by atoms with Crippen molar-refractivity contribution in [2.24, 2.45) is 0 Å². The van der Waals surface area contributed by atoms with Crippen LogP contribution < -0.4 is 24.8 Å². The summed E-state index contributed by atoms with van der Waals surface area (Å²) in [5.74, 6) is 0. The molecule has 0 amide bonds. The van der Waals surface area contributed by atoms with E-state index in [1.54, 1.807) is 12.1 Å². The molecule has 0 saturated heterocycles. The van der Waals surface area contributed by atoms with E-state index in [-0.39, 0.29) is 44.3 Å². The van der Waals surface area contributed by atoms with Crippen LogP contribution in [0, 0.1) is 5.39 Å². The summed E-state index contributed by atoms with van der Waals surface area (Å²) in [5, 5.41) is 8.16. The molecule has 0 aliphatic rings. The van der Waals surface area contributed by atoms with Crippen LogP contribution in [0.15, 0.2) is 30.3 Å². The van der Waals surface area contributed by atoms with Gasteiger partial charge in [0.05, 0.1) is 0 Å². The van der Waals surface area contributed by atoms with Gasteiger partial charge in [-0.15, -0.1) is 0 Å². The zero-order valence-corrected chi connectivity index (χ0v) is 10.2. The van der Waals surface area contributed by atoms with Gasteiger partial charge in [0.2, 0.25) is 5.39 Å². The molecular weight excluding hydrogens is 236 g/mol. The molecule has 0 unspecified atom stereocenters. The van der Waals surface area contributed by atoms with Gasteiger partial charge in [-0.1, -0.05) is 18.2 Å². The van der Waals surface area contributed by atoms with Crippen LogP contribution in [0.2, 0.25) is 0 Å². The maximum absolute atomic E-state index is 8.16. The third kappa shape index (κ3) is 6.25. The Morgan fingerprint density at radius 1 is 1.00 bits per heavy atom. The van der Waals surface area contributed by atoms with Gasteiger partial charge in [-0.25, -0.2) is 0 Å². The van der Waals surface area contributed by atoms with Gasteiger partial charge in [0.1, 0.15) is 0 Å². The van der Waals surface area contributed by atoms with Gasteiger partial charge in [-0.05, 0) is 0 Å². The van der Waals surface area contributed by atoms with E-state index in [1.807, 2.05) is 18.2 Å². The molecule has 1 aromatic rings. The Kier molecular flexibility index (Phi) is 15.3. The molecule has 0 aliphatic heterocycles. The fourth-order valence-electron chi connectivity index (χ4n) is 0.495. The Balaban J connectivity index is -0.000000213. The fourth-order valence-corrected chi connectivity index (χ4v) is 0.495. The number of rotatable bonds is 0. The number of hydrogen-bond acceptors (Lipinski definition) is 1. The topological polar surface area (TPSA) is 28.1 Å². The Hall–Kier alpha value is -0.157. The van der Waals surface area contributed by atoms with E-state index >= 15 is 0 Å². The maximum Gasteiger partial charge on any atom is 0.385 e. The van der Waals surface area contributed by atoms with Gasteiger partial charge in [0.25, 0.3) is 0 Å². The zero-order chi connectivity index (χ0) is 5.82. The molecule has 0 heterocycles. The molecule has 1 aromatic carbocycles. The molecule has 5 heteroatoms. The van der Waals surface area contributed by atoms with Crippen LogP contribution in [0.3, 0.4) is 0 Å². The Morgan fingerprint density at radius 3 is 1.73 bits per heavy atom. The van der Waals surface area contributed by atoms with Crippen LogP contribution in [0.25, 0.3) is 4.98 Å². The molecule has 0 atom stereocenters. The molecule has 0 bridgehead atoms. The molecular formula is C6H5Cl2N2Zn-. The molecule has 0 aromatic heterocycles. The van der Waals surface area contributed by atoms with Crippen molar-refractivity contribution in [2.45, 2.75) is 0 Å². The quantitative estimate of drug-likeness (QED) is 0.338. The monoisotopic (exact) mass is 239 g/mol. The third-order valence-electron chi connectivity index (χ3n) is 0.872. The minimum absolute atomic E-state index is 0. The molecule has 0 spiro atoms. The van der Waals surface area contributed by atoms with E-state index in [0.29, 0.717) is 5.69 Å². The van der Waals surface area contributed by atoms with Gasteiger partial charge < -0.3 is 24.8 Å². The van der Waals surface area contributed by atoms with Crippen LogP contribution in [-0.2, 0) is 19.5 Å². The van der Waals surface area contributed by atoms with Crippen molar-refractivity contribution >= 4 is 5.69 Å². The van der Waals surface area contributed by atoms with E-state index in [0.717, 1.165) is 0 Å². The predicted molar refractivity (Wildman–Crippen MR) is 31.2 cm³/mol. The summed E-state index contributed by atoms with van der Waals surface area (Å²) in [4.78, 5) is 2.97. The first-order chi connectivity index (χ1) is 3.93. The van der Waals surface area contributed by atoms with Crippen molar-refractivity contribution < 1.29 is 44.3 Å².